The Balaban J connectivity index is 2.96. The fourth-order valence-electron chi connectivity index (χ4n) is 1.03. The molecular weight excluding hydrogens is 287 g/mol. The Labute approximate surface area is 109 Å². The van der Waals surface area contributed by atoms with Gasteiger partial charge in [-0.3, -0.25) is 4.79 Å². The Bertz CT molecular complexity index is 501. The minimum absolute atomic E-state index is 0.0155. The fourth-order valence-corrected chi connectivity index (χ4v) is 2.69. The summed E-state index contributed by atoms with van der Waals surface area (Å²) < 4.78 is 25.7. The van der Waals surface area contributed by atoms with Crippen molar-refractivity contribution in [1.29, 1.82) is 0 Å². The van der Waals surface area contributed by atoms with Gasteiger partial charge in [-0.1, -0.05) is 11.6 Å². The first kappa shape index (κ1) is 14.2. The average Bonchev–Trinajstić information content (AvgIpc) is 2.26. The second kappa shape index (κ2) is 5.68. The van der Waals surface area contributed by atoms with Crippen LogP contribution in [0.5, 0.6) is 0 Å². The van der Waals surface area contributed by atoms with Crippen LogP contribution in [-0.4, -0.2) is 26.2 Å². The Morgan fingerprint density at radius 2 is 1.88 bits per heavy atom. The van der Waals surface area contributed by atoms with E-state index in [0.717, 1.165) is 0 Å². The van der Waals surface area contributed by atoms with Crippen molar-refractivity contribution in [2.24, 2.45) is 5.73 Å². The highest BCUT2D eigenvalue weighted by Gasteiger charge is 2.22. The molecule has 0 fully saturated rings. The van der Waals surface area contributed by atoms with Gasteiger partial charge < -0.3 is 5.73 Å². The lowest BCUT2D eigenvalue weighted by Crippen LogP contribution is -2.45. The summed E-state index contributed by atoms with van der Waals surface area (Å²) in [7, 11) is -3.83. The van der Waals surface area contributed by atoms with Crippen molar-refractivity contribution in [3.05, 3.63) is 29.3 Å². The van der Waals surface area contributed by atoms with E-state index in [1.165, 1.54) is 24.3 Å². The summed E-state index contributed by atoms with van der Waals surface area (Å²) in [5.74, 6) is -1.07. The highest BCUT2D eigenvalue weighted by molar-refractivity contribution is 7.89. The van der Waals surface area contributed by atoms with Crippen molar-refractivity contribution in [2.75, 3.05) is 5.88 Å². The minimum Gasteiger partial charge on any atom is -0.368 e. The topological polar surface area (TPSA) is 89.3 Å². The summed E-state index contributed by atoms with van der Waals surface area (Å²) >= 11 is 11.1. The second-order valence-corrected chi connectivity index (χ2v) is 5.64. The van der Waals surface area contributed by atoms with Crippen molar-refractivity contribution >= 4 is 39.1 Å². The van der Waals surface area contributed by atoms with Gasteiger partial charge in [0.15, 0.2) is 0 Å². The number of nitrogens with one attached hydrogen (secondary N) is 1. The van der Waals surface area contributed by atoms with Crippen LogP contribution in [0.2, 0.25) is 5.02 Å². The Hall–Kier alpha value is -0.820. The van der Waals surface area contributed by atoms with Crippen molar-refractivity contribution in [1.82, 2.24) is 4.72 Å². The number of hydrogen-bond donors (Lipinski definition) is 2. The van der Waals surface area contributed by atoms with Crippen LogP contribution in [-0.2, 0) is 14.8 Å². The molecule has 0 aliphatic heterocycles. The van der Waals surface area contributed by atoms with E-state index >= 15 is 0 Å². The molecule has 0 aliphatic carbocycles. The van der Waals surface area contributed by atoms with Gasteiger partial charge in [-0.25, -0.2) is 8.42 Å². The van der Waals surface area contributed by atoms with Crippen molar-refractivity contribution in [2.45, 2.75) is 10.9 Å². The molecule has 0 spiro atoms. The van der Waals surface area contributed by atoms with Gasteiger partial charge in [0.05, 0.1) is 4.90 Å². The van der Waals surface area contributed by atoms with E-state index in [0.29, 0.717) is 5.02 Å². The van der Waals surface area contributed by atoms with Crippen molar-refractivity contribution in [3.63, 3.8) is 0 Å². The average molecular weight is 297 g/mol. The maximum absolute atomic E-state index is 11.8. The van der Waals surface area contributed by atoms with E-state index in [9.17, 15) is 13.2 Å². The van der Waals surface area contributed by atoms with Crippen molar-refractivity contribution in [3.8, 4) is 0 Å². The zero-order valence-corrected chi connectivity index (χ0v) is 10.9. The van der Waals surface area contributed by atoms with Gasteiger partial charge in [0.1, 0.15) is 6.04 Å². The molecule has 5 nitrogen and oxygen atoms in total. The molecule has 1 aromatic carbocycles. The SMILES string of the molecule is NC(=O)C(CCl)NS(=O)(=O)c1ccc(Cl)cc1. The lowest BCUT2D eigenvalue weighted by Gasteiger charge is -2.12. The van der Waals surface area contributed by atoms with Crippen LogP contribution in [0.3, 0.4) is 0 Å². The third-order valence-corrected chi connectivity index (χ3v) is 3.97. The number of carbonyl (C=O) groups is 1. The standard InChI is InChI=1S/C9H10Cl2N2O3S/c10-5-8(9(12)14)13-17(15,16)7-3-1-6(11)2-4-7/h1-4,8,13H,5H2,(H2,12,14). The molecule has 1 unspecified atom stereocenters. The molecule has 0 saturated heterocycles. The maximum atomic E-state index is 11.8. The Morgan fingerprint density at radius 1 is 1.35 bits per heavy atom. The third-order valence-electron chi connectivity index (χ3n) is 1.92. The molecule has 1 atom stereocenters. The summed E-state index contributed by atoms with van der Waals surface area (Å²) in [6, 6.07) is 4.34. The molecule has 1 aromatic rings. The van der Waals surface area contributed by atoms with Gasteiger partial charge in [-0.05, 0) is 24.3 Å². The number of hydrogen-bond acceptors (Lipinski definition) is 3. The fraction of sp³-hybridized carbons (Fsp3) is 0.222. The predicted octanol–water partition coefficient (Wildman–Crippen LogP) is 0.711. The van der Waals surface area contributed by atoms with Crippen LogP contribution < -0.4 is 10.5 Å². The first-order chi connectivity index (χ1) is 7.86. The highest BCUT2D eigenvalue weighted by atomic mass is 35.5. The number of carbonyl (C=O) groups excluding carboxylic acids is 1. The summed E-state index contributed by atoms with van der Waals surface area (Å²) in [6.07, 6.45) is 0. The van der Waals surface area contributed by atoms with Crippen LogP contribution in [0.25, 0.3) is 0 Å². The molecule has 94 valence electrons. The minimum atomic E-state index is -3.83. The summed E-state index contributed by atoms with van der Waals surface area (Å²) in [6.45, 7) is 0. The molecule has 1 amide bonds. The summed E-state index contributed by atoms with van der Waals surface area (Å²) in [4.78, 5) is 10.9. The number of sulfonamides is 1. The Kier molecular flexibility index (Phi) is 4.76. The number of rotatable bonds is 5. The molecular formula is C9H10Cl2N2O3S. The molecule has 0 aromatic heterocycles. The van der Waals surface area contributed by atoms with E-state index in [-0.39, 0.29) is 10.8 Å². The van der Waals surface area contributed by atoms with Gasteiger partial charge in [-0.2, -0.15) is 4.72 Å². The second-order valence-electron chi connectivity index (χ2n) is 3.18. The molecule has 0 saturated carbocycles. The molecule has 0 bridgehead atoms. The van der Waals surface area contributed by atoms with Gasteiger partial charge >= 0.3 is 0 Å². The van der Waals surface area contributed by atoms with Crippen LogP contribution in [0, 0.1) is 0 Å². The van der Waals surface area contributed by atoms with Crippen LogP contribution in [0.1, 0.15) is 0 Å². The lowest BCUT2D eigenvalue weighted by molar-refractivity contribution is -0.119. The largest absolute Gasteiger partial charge is 0.368 e. The highest BCUT2D eigenvalue weighted by Crippen LogP contribution is 2.14. The van der Waals surface area contributed by atoms with E-state index in [2.05, 4.69) is 4.72 Å². The quantitative estimate of drug-likeness (QED) is 0.784. The van der Waals surface area contributed by atoms with Gasteiger partial charge in [-0.15, -0.1) is 11.6 Å². The van der Waals surface area contributed by atoms with Gasteiger partial charge in [0.2, 0.25) is 15.9 Å². The van der Waals surface area contributed by atoms with Gasteiger partial charge in [0, 0.05) is 10.9 Å². The summed E-state index contributed by atoms with van der Waals surface area (Å²) in [5.41, 5.74) is 4.99. The number of nitrogens with two attached hydrogens (primary N) is 1. The molecule has 0 aliphatic rings. The zero-order valence-electron chi connectivity index (χ0n) is 8.56. The molecule has 17 heavy (non-hydrogen) atoms. The number of amides is 1. The Morgan fingerprint density at radius 3 is 2.29 bits per heavy atom. The molecule has 8 heteroatoms. The smallest absolute Gasteiger partial charge is 0.241 e. The van der Waals surface area contributed by atoms with E-state index in [4.69, 9.17) is 28.9 Å². The van der Waals surface area contributed by atoms with Crippen molar-refractivity contribution < 1.29 is 13.2 Å². The van der Waals surface area contributed by atoms with E-state index in [1.807, 2.05) is 0 Å². The number of halogens is 2. The lowest BCUT2D eigenvalue weighted by atomic mass is 10.3. The summed E-state index contributed by atoms with van der Waals surface area (Å²) in [5, 5.41) is 0.410. The molecule has 0 radical (unpaired) electrons. The van der Waals surface area contributed by atoms with Crippen LogP contribution >= 0.6 is 23.2 Å². The first-order valence-electron chi connectivity index (χ1n) is 4.50. The van der Waals surface area contributed by atoms with Crippen LogP contribution in [0.15, 0.2) is 29.2 Å². The first-order valence-corrected chi connectivity index (χ1v) is 6.89. The number of benzene rings is 1. The number of alkyl halides is 1. The van der Waals surface area contributed by atoms with E-state index < -0.39 is 22.0 Å². The van der Waals surface area contributed by atoms with E-state index in [1.54, 1.807) is 0 Å². The molecule has 1 rings (SSSR count). The monoisotopic (exact) mass is 296 g/mol. The van der Waals surface area contributed by atoms with Gasteiger partial charge in [0.25, 0.3) is 0 Å². The number of primary amides is 1. The normalized spacial score (nSPS) is 13.3. The molecule has 0 heterocycles. The third kappa shape index (κ3) is 3.85. The van der Waals surface area contributed by atoms with Crippen LogP contribution in [0.4, 0.5) is 0 Å². The zero-order chi connectivity index (χ0) is 13.1. The molecule has 3 N–H and O–H groups in total. The predicted molar refractivity (Wildman–Crippen MR) is 65.5 cm³/mol. The maximum Gasteiger partial charge on any atom is 0.241 e.